The maximum absolute atomic E-state index is 9.78. The van der Waals surface area contributed by atoms with Gasteiger partial charge in [-0.2, -0.15) is 0 Å². The van der Waals surface area contributed by atoms with Crippen molar-refractivity contribution in [3.63, 3.8) is 0 Å². The first kappa shape index (κ1) is 45.9. The molecular weight excluding hydrogens is 564 g/mol. The van der Waals surface area contributed by atoms with Crippen LogP contribution in [-0.4, -0.2) is 37.6 Å². The van der Waals surface area contributed by atoms with Gasteiger partial charge in [-0.1, -0.05) is 185 Å². The van der Waals surface area contributed by atoms with Gasteiger partial charge >= 0.3 is 0 Å². The van der Waals surface area contributed by atoms with Crippen molar-refractivity contribution in [3.8, 4) is 0 Å². The van der Waals surface area contributed by atoms with E-state index in [1.165, 1.54) is 116 Å². The second-order valence-corrected chi connectivity index (χ2v) is 17.3. The Kier molecular flexibility index (Phi) is 30.8. The molecule has 1 unspecified atom stereocenters. The number of rotatable bonds is 34. The van der Waals surface area contributed by atoms with E-state index in [1.54, 1.807) is 0 Å². The third-order valence-corrected chi connectivity index (χ3v) is 10.8. The topological polar surface area (TPSA) is 38.7 Å². The molecule has 0 aromatic rings. The summed E-state index contributed by atoms with van der Waals surface area (Å²) in [6.07, 6.45) is 26.8. The highest BCUT2D eigenvalue weighted by molar-refractivity contribution is 4.64. The van der Waals surface area contributed by atoms with Crippen LogP contribution in [0.4, 0.5) is 0 Å². The van der Waals surface area contributed by atoms with Gasteiger partial charge in [0.1, 0.15) is 6.10 Å². The maximum Gasteiger partial charge on any atom is 0.104 e. The third kappa shape index (κ3) is 31.2. The molecule has 46 heavy (non-hydrogen) atoms. The van der Waals surface area contributed by atoms with Crippen LogP contribution in [-0.2, 0) is 9.47 Å². The predicted molar refractivity (Wildman–Crippen MR) is 205 cm³/mol. The van der Waals surface area contributed by atoms with Gasteiger partial charge in [-0.3, -0.25) is 0 Å². The van der Waals surface area contributed by atoms with Crippen molar-refractivity contribution in [3.05, 3.63) is 0 Å². The predicted octanol–water partition coefficient (Wildman–Crippen LogP) is 13.3. The van der Waals surface area contributed by atoms with Crippen molar-refractivity contribution in [2.75, 3.05) is 26.4 Å². The minimum absolute atomic E-state index is 0.0480. The summed E-state index contributed by atoms with van der Waals surface area (Å²) in [4.78, 5) is 0. The lowest BCUT2D eigenvalue weighted by atomic mass is 9.91. The van der Waals surface area contributed by atoms with Crippen molar-refractivity contribution >= 4 is 0 Å². The van der Waals surface area contributed by atoms with Gasteiger partial charge in [0.15, 0.2) is 0 Å². The maximum atomic E-state index is 9.78. The number of hydrogen-bond acceptors (Lipinski definition) is 3. The number of aliphatic hydroxyl groups excluding tert-OH is 1. The molecule has 0 saturated carbocycles. The van der Waals surface area contributed by atoms with E-state index in [4.69, 9.17) is 9.47 Å². The van der Waals surface area contributed by atoms with Crippen LogP contribution in [0.15, 0.2) is 0 Å². The van der Waals surface area contributed by atoms with E-state index in [1.807, 2.05) is 0 Å². The molecule has 0 radical (unpaired) electrons. The van der Waals surface area contributed by atoms with Crippen LogP contribution in [0.25, 0.3) is 0 Å². The molecule has 3 nitrogen and oxygen atoms in total. The Hall–Kier alpha value is -0.120. The smallest absolute Gasteiger partial charge is 0.104 e. The van der Waals surface area contributed by atoms with Gasteiger partial charge in [-0.05, 0) is 60.2 Å². The van der Waals surface area contributed by atoms with Crippen molar-refractivity contribution in [2.45, 2.75) is 204 Å². The first-order valence-corrected chi connectivity index (χ1v) is 20.7. The number of hydrogen-bond donors (Lipinski definition) is 1. The zero-order valence-electron chi connectivity index (χ0n) is 33.4. The van der Waals surface area contributed by atoms with Gasteiger partial charge < -0.3 is 14.6 Å². The van der Waals surface area contributed by atoms with E-state index in [-0.39, 0.29) is 12.7 Å². The molecule has 0 amide bonds. The van der Waals surface area contributed by atoms with E-state index in [2.05, 4.69) is 69.2 Å². The summed E-state index contributed by atoms with van der Waals surface area (Å²) in [6, 6.07) is 0. The molecule has 0 aromatic carbocycles. The largest absolute Gasteiger partial charge is 0.394 e. The molecule has 278 valence electrons. The second kappa shape index (κ2) is 30.9. The zero-order chi connectivity index (χ0) is 34.6. The first-order valence-electron chi connectivity index (χ1n) is 20.7. The van der Waals surface area contributed by atoms with Crippen molar-refractivity contribution in [1.82, 2.24) is 0 Å². The molecule has 1 N–H and O–H groups in total. The molecule has 0 saturated heterocycles. The summed E-state index contributed by atoms with van der Waals surface area (Å²) in [5, 5.41) is 9.78. The summed E-state index contributed by atoms with van der Waals surface area (Å²) in [6.45, 7) is 25.9. The number of aliphatic hydroxyl groups is 1. The van der Waals surface area contributed by atoms with Gasteiger partial charge in [0.2, 0.25) is 0 Å². The van der Waals surface area contributed by atoms with E-state index in [9.17, 15) is 5.11 Å². The summed E-state index contributed by atoms with van der Waals surface area (Å²) in [5.41, 5.74) is 0. The molecule has 3 heteroatoms. The fourth-order valence-electron chi connectivity index (χ4n) is 6.96. The SMILES string of the molecule is CC(C)CCC[C@@H](C)CCC[C@@H](C)CCC[C@H](C)CCOCC(CO)OCC[C@@H](C)CCC[C@H](C)CCC[C@H](C)CCCC(C)C. The molecule has 0 rings (SSSR count). The minimum Gasteiger partial charge on any atom is -0.394 e. The first-order chi connectivity index (χ1) is 21.9. The summed E-state index contributed by atoms with van der Waals surface area (Å²) >= 11 is 0. The highest BCUT2D eigenvalue weighted by atomic mass is 16.5. The molecule has 7 atom stereocenters. The highest BCUT2D eigenvalue weighted by Gasteiger charge is 2.13. The summed E-state index contributed by atoms with van der Waals surface area (Å²) < 4.78 is 11.9. The zero-order valence-corrected chi connectivity index (χ0v) is 33.4. The fraction of sp³-hybridized carbons (Fsp3) is 1.00. The monoisotopic (exact) mass is 653 g/mol. The van der Waals surface area contributed by atoms with Crippen LogP contribution >= 0.6 is 0 Å². The standard InChI is InChI=1S/C43H88O3/c1-35(2)17-11-19-37(5)21-13-23-39(7)25-15-27-41(9)29-31-45-34-43(33-44)46-32-30-42(10)28-16-26-40(8)24-14-22-38(6)20-12-18-36(3)4/h35-44H,11-34H2,1-10H3/t37-,38-,39-,40-,41+,42+,43?/m1/s1. The Morgan fingerprint density at radius 3 is 0.957 bits per heavy atom. The van der Waals surface area contributed by atoms with E-state index < -0.39 is 0 Å². The normalized spacial score (nSPS) is 16.9. The molecule has 0 aromatic heterocycles. The van der Waals surface area contributed by atoms with Gasteiger partial charge in [0, 0.05) is 13.2 Å². The van der Waals surface area contributed by atoms with Crippen LogP contribution in [0.2, 0.25) is 0 Å². The number of ether oxygens (including phenoxy) is 2. The average molecular weight is 653 g/mol. The Balaban J connectivity index is 3.77. The van der Waals surface area contributed by atoms with Gasteiger partial charge in [-0.25, -0.2) is 0 Å². The Bertz CT molecular complexity index is 619. The fourth-order valence-corrected chi connectivity index (χ4v) is 6.96. The van der Waals surface area contributed by atoms with Crippen molar-refractivity contribution < 1.29 is 14.6 Å². The van der Waals surface area contributed by atoms with Crippen LogP contribution in [0, 0.1) is 47.3 Å². The molecule has 0 bridgehead atoms. The minimum atomic E-state index is -0.186. The Morgan fingerprint density at radius 2 is 0.652 bits per heavy atom. The molecule has 0 spiro atoms. The summed E-state index contributed by atoms with van der Waals surface area (Å²) in [5.74, 6) is 6.57. The van der Waals surface area contributed by atoms with E-state index >= 15 is 0 Å². The quantitative estimate of drug-likeness (QED) is 0.0703. The van der Waals surface area contributed by atoms with Gasteiger partial charge in [0.05, 0.1) is 13.2 Å². The van der Waals surface area contributed by atoms with Crippen molar-refractivity contribution in [1.29, 1.82) is 0 Å². The summed E-state index contributed by atoms with van der Waals surface area (Å²) in [7, 11) is 0. The Labute approximate surface area is 291 Å². The van der Waals surface area contributed by atoms with Crippen LogP contribution < -0.4 is 0 Å². The van der Waals surface area contributed by atoms with Gasteiger partial charge in [-0.15, -0.1) is 0 Å². The Morgan fingerprint density at radius 1 is 0.370 bits per heavy atom. The second-order valence-electron chi connectivity index (χ2n) is 17.3. The van der Waals surface area contributed by atoms with E-state index in [0.29, 0.717) is 18.4 Å². The molecule has 0 aliphatic rings. The molecule has 0 aliphatic carbocycles. The van der Waals surface area contributed by atoms with Gasteiger partial charge in [0.25, 0.3) is 0 Å². The lowest BCUT2D eigenvalue weighted by molar-refractivity contribution is -0.0471. The highest BCUT2D eigenvalue weighted by Crippen LogP contribution is 2.24. The van der Waals surface area contributed by atoms with E-state index in [0.717, 1.165) is 61.6 Å². The van der Waals surface area contributed by atoms with Crippen LogP contribution in [0.3, 0.4) is 0 Å². The average Bonchev–Trinajstić information content (AvgIpc) is 2.98. The molecule has 0 heterocycles. The molecule has 0 fully saturated rings. The molecular formula is C43H88O3. The molecule has 0 aliphatic heterocycles. The lowest BCUT2D eigenvalue weighted by Crippen LogP contribution is -2.25. The lowest BCUT2D eigenvalue weighted by Gasteiger charge is -2.19. The third-order valence-electron chi connectivity index (χ3n) is 10.8. The van der Waals surface area contributed by atoms with Crippen molar-refractivity contribution in [2.24, 2.45) is 47.3 Å². The van der Waals surface area contributed by atoms with Crippen LogP contribution in [0.5, 0.6) is 0 Å². The van der Waals surface area contributed by atoms with Crippen LogP contribution in [0.1, 0.15) is 198 Å².